The fourth-order valence-electron chi connectivity index (χ4n) is 2.30. The minimum atomic E-state index is -0.962. The molecule has 1 saturated carbocycles. The zero-order chi connectivity index (χ0) is 13.0. The molecular formula is C12H8BrNO4. The SMILES string of the molecule is O=C(O)C1CC1N1C(=O)c2cccc(Br)c2C1=O. The van der Waals surface area contributed by atoms with Gasteiger partial charge in [0.1, 0.15) is 0 Å². The van der Waals surface area contributed by atoms with Crippen molar-refractivity contribution in [3.8, 4) is 0 Å². The van der Waals surface area contributed by atoms with Crippen LogP contribution in [0.1, 0.15) is 27.1 Å². The number of benzene rings is 1. The van der Waals surface area contributed by atoms with Crippen LogP contribution in [-0.2, 0) is 4.79 Å². The normalized spacial score (nSPS) is 25.3. The molecule has 1 aromatic rings. The first-order valence-corrected chi connectivity index (χ1v) is 6.21. The van der Waals surface area contributed by atoms with Crippen LogP contribution in [0.5, 0.6) is 0 Å². The summed E-state index contributed by atoms with van der Waals surface area (Å²) in [5.74, 6) is -2.39. The van der Waals surface area contributed by atoms with Gasteiger partial charge in [-0.05, 0) is 34.5 Å². The predicted octanol–water partition coefficient (Wildman–Crippen LogP) is 1.52. The number of carboxylic acids is 1. The van der Waals surface area contributed by atoms with E-state index < -0.39 is 29.7 Å². The van der Waals surface area contributed by atoms with Crippen LogP contribution in [-0.4, -0.2) is 33.8 Å². The van der Waals surface area contributed by atoms with Gasteiger partial charge < -0.3 is 5.11 Å². The van der Waals surface area contributed by atoms with Crippen LogP contribution in [0, 0.1) is 5.92 Å². The second-order valence-corrected chi connectivity index (χ2v) is 5.24. The number of fused-ring (bicyclic) bond motifs is 1. The van der Waals surface area contributed by atoms with Crippen LogP contribution in [0.2, 0.25) is 0 Å². The first-order chi connectivity index (χ1) is 8.52. The van der Waals surface area contributed by atoms with Crippen molar-refractivity contribution in [1.82, 2.24) is 4.90 Å². The third-order valence-corrected chi connectivity index (χ3v) is 3.96. The lowest BCUT2D eigenvalue weighted by molar-refractivity contribution is -0.138. The van der Waals surface area contributed by atoms with Crippen molar-refractivity contribution < 1.29 is 19.5 Å². The van der Waals surface area contributed by atoms with E-state index in [0.29, 0.717) is 22.0 Å². The molecule has 3 rings (SSSR count). The first-order valence-electron chi connectivity index (χ1n) is 5.41. The number of nitrogens with zero attached hydrogens (tertiary/aromatic N) is 1. The van der Waals surface area contributed by atoms with Crippen molar-refractivity contribution in [2.75, 3.05) is 0 Å². The van der Waals surface area contributed by atoms with Crippen LogP contribution in [0.25, 0.3) is 0 Å². The highest BCUT2D eigenvalue weighted by molar-refractivity contribution is 9.10. The Bertz CT molecular complexity index is 598. The smallest absolute Gasteiger partial charge is 0.308 e. The maximum Gasteiger partial charge on any atom is 0.308 e. The van der Waals surface area contributed by atoms with E-state index in [0.717, 1.165) is 4.90 Å². The van der Waals surface area contributed by atoms with E-state index in [1.807, 2.05) is 0 Å². The average molecular weight is 310 g/mol. The molecule has 1 heterocycles. The minimum Gasteiger partial charge on any atom is -0.481 e. The quantitative estimate of drug-likeness (QED) is 0.840. The van der Waals surface area contributed by atoms with Crippen molar-refractivity contribution >= 4 is 33.7 Å². The highest BCUT2D eigenvalue weighted by Gasteiger charge is 2.54. The molecule has 2 atom stereocenters. The van der Waals surface area contributed by atoms with Crippen molar-refractivity contribution in [2.45, 2.75) is 12.5 Å². The number of carbonyl (C=O) groups is 3. The Morgan fingerprint density at radius 2 is 2.06 bits per heavy atom. The molecule has 2 amide bonds. The Morgan fingerprint density at radius 3 is 2.61 bits per heavy atom. The predicted molar refractivity (Wildman–Crippen MR) is 64.2 cm³/mol. The molecule has 1 aliphatic carbocycles. The van der Waals surface area contributed by atoms with Gasteiger partial charge in [0, 0.05) is 4.47 Å². The third kappa shape index (κ3) is 1.42. The van der Waals surface area contributed by atoms with Crippen molar-refractivity contribution in [3.63, 3.8) is 0 Å². The highest BCUT2D eigenvalue weighted by atomic mass is 79.9. The number of hydrogen-bond acceptors (Lipinski definition) is 3. The van der Waals surface area contributed by atoms with Crippen LogP contribution in [0.4, 0.5) is 0 Å². The molecule has 0 bridgehead atoms. The Hall–Kier alpha value is -1.69. The second-order valence-electron chi connectivity index (χ2n) is 4.39. The molecule has 1 aliphatic heterocycles. The lowest BCUT2D eigenvalue weighted by Crippen LogP contribution is -2.34. The Morgan fingerprint density at radius 1 is 1.33 bits per heavy atom. The molecular weight excluding hydrogens is 302 g/mol. The molecule has 1 fully saturated rings. The molecule has 0 saturated heterocycles. The third-order valence-electron chi connectivity index (χ3n) is 3.30. The van der Waals surface area contributed by atoms with Crippen LogP contribution in [0.15, 0.2) is 22.7 Å². The number of amides is 2. The molecule has 2 unspecified atom stereocenters. The average Bonchev–Trinajstić information content (AvgIpc) is 3.04. The lowest BCUT2D eigenvalue weighted by Gasteiger charge is -2.12. The lowest BCUT2D eigenvalue weighted by atomic mass is 10.1. The molecule has 0 aromatic heterocycles. The molecule has 18 heavy (non-hydrogen) atoms. The van der Waals surface area contributed by atoms with Gasteiger partial charge in [-0.1, -0.05) is 6.07 Å². The summed E-state index contributed by atoms with van der Waals surface area (Å²) in [6.45, 7) is 0. The van der Waals surface area contributed by atoms with Gasteiger partial charge in [-0.2, -0.15) is 0 Å². The minimum absolute atomic E-state index is 0.332. The van der Waals surface area contributed by atoms with Gasteiger partial charge >= 0.3 is 5.97 Å². The van der Waals surface area contributed by atoms with Gasteiger partial charge in [0.05, 0.1) is 23.1 Å². The zero-order valence-electron chi connectivity index (χ0n) is 9.09. The molecule has 0 radical (unpaired) electrons. The summed E-state index contributed by atoms with van der Waals surface area (Å²) >= 11 is 3.24. The van der Waals surface area contributed by atoms with Gasteiger partial charge in [-0.3, -0.25) is 19.3 Å². The van der Waals surface area contributed by atoms with Crippen molar-refractivity contribution in [1.29, 1.82) is 0 Å². The second kappa shape index (κ2) is 3.65. The van der Waals surface area contributed by atoms with E-state index in [4.69, 9.17) is 5.11 Å². The monoisotopic (exact) mass is 309 g/mol. The number of imide groups is 1. The molecule has 92 valence electrons. The van der Waals surface area contributed by atoms with E-state index in [9.17, 15) is 14.4 Å². The van der Waals surface area contributed by atoms with E-state index in [1.54, 1.807) is 18.2 Å². The van der Waals surface area contributed by atoms with Gasteiger partial charge in [-0.15, -0.1) is 0 Å². The van der Waals surface area contributed by atoms with Gasteiger partial charge in [0.25, 0.3) is 11.8 Å². The molecule has 1 aromatic carbocycles. The summed E-state index contributed by atoms with van der Waals surface area (Å²) in [5, 5.41) is 8.87. The summed E-state index contributed by atoms with van der Waals surface area (Å²) in [5.41, 5.74) is 0.670. The fourth-order valence-corrected chi connectivity index (χ4v) is 2.83. The Labute approximate surface area is 111 Å². The summed E-state index contributed by atoms with van der Waals surface area (Å²) in [6, 6.07) is 4.45. The van der Waals surface area contributed by atoms with Gasteiger partial charge in [0.15, 0.2) is 0 Å². The zero-order valence-corrected chi connectivity index (χ0v) is 10.7. The maximum atomic E-state index is 12.2. The number of aliphatic carboxylic acids is 1. The summed E-state index contributed by atoms with van der Waals surface area (Å²) in [6.07, 6.45) is 0.346. The highest BCUT2D eigenvalue weighted by Crippen LogP contribution is 2.41. The van der Waals surface area contributed by atoms with E-state index in [2.05, 4.69) is 15.9 Å². The number of rotatable bonds is 2. The van der Waals surface area contributed by atoms with Crippen LogP contribution < -0.4 is 0 Å². The summed E-state index contributed by atoms with van der Waals surface area (Å²) < 4.78 is 0.563. The first kappa shape index (κ1) is 11.4. The molecule has 2 aliphatic rings. The van der Waals surface area contributed by atoms with Crippen LogP contribution >= 0.6 is 15.9 Å². The largest absolute Gasteiger partial charge is 0.481 e. The summed E-state index contributed by atoms with van der Waals surface area (Å²) in [4.78, 5) is 36.2. The molecule has 5 nitrogen and oxygen atoms in total. The molecule has 1 N–H and O–H groups in total. The maximum absolute atomic E-state index is 12.2. The summed E-state index contributed by atoms with van der Waals surface area (Å²) in [7, 11) is 0. The van der Waals surface area contributed by atoms with E-state index in [1.165, 1.54) is 0 Å². The van der Waals surface area contributed by atoms with Gasteiger partial charge in [0.2, 0.25) is 0 Å². The van der Waals surface area contributed by atoms with Crippen molar-refractivity contribution in [2.24, 2.45) is 5.92 Å². The standard InChI is InChI=1S/C12H8BrNO4/c13-7-3-1-2-5-9(7)11(16)14(10(5)15)8-4-6(8)12(17)18/h1-3,6,8H,4H2,(H,17,18). The molecule has 0 spiro atoms. The van der Waals surface area contributed by atoms with Gasteiger partial charge in [-0.25, -0.2) is 0 Å². The van der Waals surface area contributed by atoms with E-state index in [-0.39, 0.29) is 0 Å². The van der Waals surface area contributed by atoms with E-state index >= 15 is 0 Å². The Kier molecular flexibility index (Phi) is 2.31. The van der Waals surface area contributed by atoms with Crippen LogP contribution in [0.3, 0.4) is 0 Å². The number of carbonyl (C=O) groups excluding carboxylic acids is 2. The molecule has 6 heteroatoms. The topological polar surface area (TPSA) is 74.7 Å². The number of halogens is 1. The Balaban J connectivity index is 1.99. The number of hydrogen-bond donors (Lipinski definition) is 1. The fraction of sp³-hybridized carbons (Fsp3) is 0.250. The van der Waals surface area contributed by atoms with Crippen molar-refractivity contribution in [3.05, 3.63) is 33.8 Å². The number of carboxylic acid groups (broad SMARTS) is 1.